The van der Waals surface area contributed by atoms with Crippen LogP contribution in [0.4, 0.5) is 5.13 Å². The lowest BCUT2D eigenvalue weighted by Crippen LogP contribution is -2.19. The number of carbonyl (C=O) groups is 1. The summed E-state index contributed by atoms with van der Waals surface area (Å²) in [5.41, 5.74) is 3.80. The Morgan fingerprint density at radius 1 is 1.06 bits per heavy atom. The molecule has 5 rings (SSSR count). The Kier molecular flexibility index (Phi) is 6.08. The van der Waals surface area contributed by atoms with Crippen molar-refractivity contribution in [3.05, 3.63) is 76.1 Å². The molecule has 0 radical (unpaired) electrons. The first-order chi connectivity index (χ1) is 16.1. The molecule has 33 heavy (non-hydrogen) atoms. The third-order valence-electron chi connectivity index (χ3n) is 4.80. The van der Waals surface area contributed by atoms with Crippen molar-refractivity contribution in [2.24, 2.45) is 4.99 Å². The van der Waals surface area contributed by atoms with Crippen molar-refractivity contribution >= 4 is 56.7 Å². The molecular weight excluding hydrogens is 472 g/mol. The summed E-state index contributed by atoms with van der Waals surface area (Å²) < 4.78 is 5.18. The number of carbonyl (C=O) groups excluding carboxylic acids is 1. The molecule has 1 amide bonds. The van der Waals surface area contributed by atoms with Gasteiger partial charge < -0.3 is 10.1 Å². The number of thioether (sulfide) groups is 1. The highest BCUT2D eigenvalue weighted by atomic mass is 32.2. The van der Waals surface area contributed by atoms with Gasteiger partial charge in [-0.25, -0.2) is 9.97 Å². The van der Waals surface area contributed by atoms with Crippen LogP contribution in [0.15, 0.2) is 69.9 Å². The Morgan fingerprint density at radius 3 is 2.61 bits per heavy atom. The highest BCUT2D eigenvalue weighted by Gasteiger charge is 2.24. The number of thiazole rings is 2. The number of aromatic nitrogens is 2. The number of nitrogens with one attached hydrogen (secondary N) is 1. The zero-order chi connectivity index (χ0) is 22.8. The molecule has 0 saturated carbocycles. The second-order valence-corrected chi connectivity index (χ2v) is 9.94. The minimum Gasteiger partial charge on any atom is -0.497 e. The van der Waals surface area contributed by atoms with Gasteiger partial charge >= 0.3 is 0 Å². The molecule has 4 aromatic rings. The summed E-state index contributed by atoms with van der Waals surface area (Å²) in [5.74, 6) is 0.603. The number of nitrogens with zero attached hydrogens (tertiary/aromatic N) is 3. The maximum Gasteiger partial charge on any atom is 0.264 e. The molecule has 1 aliphatic heterocycles. The molecule has 0 atom stereocenters. The van der Waals surface area contributed by atoms with Gasteiger partial charge in [0.2, 0.25) is 5.13 Å². The first-order valence-electron chi connectivity index (χ1n) is 10.0. The molecule has 2 aromatic heterocycles. The standard InChI is InChI=1S/C24H18N4O2S3/c1-14-20(33-22(25-14)16-6-4-3-5-7-16)18-13-31-23(26-18)28-24-27-21(29)19(32-24)12-15-8-10-17(30-2)11-9-15/h3-13H,1-2H3,(H,26,27,28,29)/b19-12-. The fourth-order valence-electron chi connectivity index (χ4n) is 3.18. The van der Waals surface area contributed by atoms with E-state index in [-0.39, 0.29) is 5.91 Å². The van der Waals surface area contributed by atoms with E-state index in [2.05, 4.69) is 27.4 Å². The molecule has 0 unspecified atom stereocenters. The Morgan fingerprint density at radius 2 is 1.85 bits per heavy atom. The summed E-state index contributed by atoms with van der Waals surface area (Å²) in [7, 11) is 1.62. The maximum atomic E-state index is 12.4. The average molecular weight is 491 g/mol. The largest absolute Gasteiger partial charge is 0.497 e. The first kappa shape index (κ1) is 21.6. The third kappa shape index (κ3) is 4.75. The molecule has 0 aliphatic carbocycles. The lowest BCUT2D eigenvalue weighted by Gasteiger charge is -1.99. The van der Waals surface area contributed by atoms with Crippen LogP contribution in [0.2, 0.25) is 0 Å². The van der Waals surface area contributed by atoms with Gasteiger partial charge in [-0.1, -0.05) is 42.5 Å². The van der Waals surface area contributed by atoms with Crippen molar-refractivity contribution in [1.29, 1.82) is 0 Å². The van der Waals surface area contributed by atoms with Crippen LogP contribution in [0, 0.1) is 6.92 Å². The van der Waals surface area contributed by atoms with E-state index in [0.717, 1.165) is 38.1 Å². The molecule has 1 fully saturated rings. The molecule has 1 saturated heterocycles. The first-order valence-corrected chi connectivity index (χ1v) is 12.5. The Bertz CT molecular complexity index is 1370. The van der Waals surface area contributed by atoms with E-state index in [4.69, 9.17) is 9.72 Å². The molecule has 1 aliphatic rings. The number of benzene rings is 2. The van der Waals surface area contributed by atoms with Gasteiger partial charge in [0, 0.05) is 10.9 Å². The lowest BCUT2D eigenvalue weighted by atomic mass is 10.2. The molecule has 2 aromatic carbocycles. The number of methoxy groups -OCH3 is 1. The summed E-state index contributed by atoms with van der Waals surface area (Å²) in [6.07, 6.45) is 1.83. The van der Waals surface area contributed by atoms with Crippen molar-refractivity contribution in [3.8, 4) is 26.9 Å². The van der Waals surface area contributed by atoms with Crippen LogP contribution in [0.25, 0.3) is 27.2 Å². The topological polar surface area (TPSA) is 76.5 Å². The highest BCUT2D eigenvalue weighted by Crippen LogP contribution is 2.37. The Balaban J connectivity index is 1.34. The molecule has 0 spiro atoms. The number of amides is 1. The van der Waals surface area contributed by atoms with Crippen molar-refractivity contribution in [2.75, 3.05) is 7.11 Å². The van der Waals surface area contributed by atoms with Gasteiger partial charge in [-0.15, -0.1) is 22.7 Å². The number of rotatable bonds is 5. The van der Waals surface area contributed by atoms with Crippen LogP contribution < -0.4 is 10.1 Å². The number of amidine groups is 1. The molecule has 9 heteroatoms. The molecule has 6 nitrogen and oxygen atoms in total. The van der Waals surface area contributed by atoms with Gasteiger partial charge in [0.1, 0.15) is 10.8 Å². The number of ether oxygens (including phenoxy) is 1. The van der Waals surface area contributed by atoms with E-state index >= 15 is 0 Å². The number of aryl methyl sites for hydroxylation is 1. The van der Waals surface area contributed by atoms with Crippen molar-refractivity contribution < 1.29 is 9.53 Å². The van der Waals surface area contributed by atoms with Crippen LogP contribution in [0.1, 0.15) is 11.3 Å². The molecular formula is C24H18N4O2S3. The van der Waals surface area contributed by atoms with E-state index in [1.54, 1.807) is 18.4 Å². The normalized spacial score (nSPS) is 15.9. The number of hydrogen-bond donors (Lipinski definition) is 1. The summed E-state index contributed by atoms with van der Waals surface area (Å²) in [4.78, 5) is 27.9. The molecule has 164 valence electrons. The predicted octanol–water partition coefficient (Wildman–Crippen LogP) is 6.14. The minimum absolute atomic E-state index is 0.169. The molecule has 3 heterocycles. The second kappa shape index (κ2) is 9.30. The van der Waals surface area contributed by atoms with E-state index in [9.17, 15) is 4.79 Å². The molecule has 1 N–H and O–H groups in total. The van der Waals surface area contributed by atoms with Crippen LogP contribution in [0.5, 0.6) is 5.75 Å². The highest BCUT2D eigenvalue weighted by molar-refractivity contribution is 8.18. The maximum absolute atomic E-state index is 12.4. The van der Waals surface area contributed by atoms with Gasteiger partial charge in [0.25, 0.3) is 5.91 Å². The lowest BCUT2D eigenvalue weighted by molar-refractivity contribution is -0.115. The minimum atomic E-state index is -0.169. The SMILES string of the molecule is COc1ccc(/C=C2\S/C(=N/c3nc(-c4sc(-c5ccccc5)nc4C)cs3)NC2=O)cc1. The van der Waals surface area contributed by atoms with Crippen molar-refractivity contribution in [2.45, 2.75) is 6.92 Å². The summed E-state index contributed by atoms with van der Waals surface area (Å²) in [6.45, 7) is 1.99. The van der Waals surface area contributed by atoms with Gasteiger partial charge in [0.15, 0.2) is 5.17 Å². The van der Waals surface area contributed by atoms with E-state index in [1.807, 2.05) is 60.8 Å². The van der Waals surface area contributed by atoms with Gasteiger partial charge in [-0.3, -0.25) is 4.79 Å². The van der Waals surface area contributed by atoms with E-state index in [0.29, 0.717) is 15.2 Å². The fourth-order valence-corrected chi connectivity index (χ4v) is 5.85. The number of aliphatic imine (C=N–C) groups is 1. The number of hydrogen-bond acceptors (Lipinski definition) is 8. The summed E-state index contributed by atoms with van der Waals surface area (Å²) in [6, 6.07) is 17.7. The van der Waals surface area contributed by atoms with Crippen LogP contribution in [-0.2, 0) is 4.79 Å². The average Bonchev–Trinajstić information content (AvgIpc) is 3.54. The van der Waals surface area contributed by atoms with Crippen LogP contribution in [-0.4, -0.2) is 28.2 Å². The fraction of sp³-hybridized carbons (Fsp3) is 0.0833. The smallest absolute Gasteiger partial charge is 0.264 e. The van der Waals surface area contributed by atoms with Crippen molar-refractivity contribution in [3.63, 3.8) is 0 Å². The predicted molar refractivity (Wildman–Crippen MR) is 137 cm³/mol. The monoisotopic (exact) mass is 490 g/mol. The second-order valence-electron chi connectivity index (χ2n) is 7.07. The zero-order valence-electron chi connectivity index (χ0n) is 17.7. The Hall–Kier alpha value is -3.27. The van der Waals surface area contributed by atoms with Crippen LogP contribution >= 0.6 is 34.4 Å². The van der Waals surface area contributed by atoms with Crippen LogP contribution in [0.3, 0.4) is 0 Å². The summed E-state index contributed by atoms with van der Waals surface area (Å²) in [5, 5.41) is 6.87. The quantitative estimate of drug-likeness (QED) is 0.340. The molecule has 0 bridgehead atoms. The van der Waals surface area contributed by atoms with Gasteiger partial charge in [0.05, 0.1) is 28.3 Å². The van der Waals surface area contributed by atoms with Gasteiger partial charge in [-0.05, 0) is 42.5 Å². The summed E-state index contributed by atoms with van der Waals surface area (Å²) >= 11 is 4.36. The van der Waals surface area contributed by atoms with Crippen molar-refractivity contribution in [1.82, 2.24) is 15.3 Å². The van der Waals surface area contributed by atoms with E-state index < -0.39 is 0 Å². The van der Waals surface area contributed by atoms with E-state index in [1.165, 1.54) is 23.1 Å². The Labute approximate surface area is 203 Å². The van der Waals surface area contributed by atoms with Gasteiger partial charge in [-0.2, -0.15) is 4.99 Å². The zero-order valence-corrected chi connectivity index (χ0v) is 20.2. The third-order valence-corrected chi connectivity index (χ3v) is 7.68.